The number of fused-ring (bicyclic) bond motifs is 1. The number of hydrogen-bond donors (Lipinski definition) is 2. The van der Waals surface area contributed by atoms with E-state index in [4.69, 9.17) is 37.8 Å². The van der Waals surface area contributed by atoms with E-state index in [9.17, 15) is 9.59 Å². The second-order valence-electron chi connectivity index (χ2n) is 11.7. The van der Waals surface area contributed by atoms with E-state index in [1.807, 2.05) is 36.4 Å². The predicted molar refractivity (Wildman–Crippen MR) is 193 cm³/mol. The number of benzene rings is 4. The average Bonchev–Trinajstić information content (AvgIpc) is 3.50. The fraction of sp³-hybridized carbons (Fsp3) is 0.282. The second-order valence-corrected chi connectivity index (χ2v) is 12.5. The summed E-state index contributed by atoms with van der Waals surface area (Å²) in [6.07, 6.45) is 8.74. The molecule has 9 heteroatoms. The van der Waals surface area contributed by atoms with Gasteiger partial charge in [-0.3, -0.25) is 4.79 Å². The van der Waals surface area contributed by atoms with E-state index in [2.05, 4.69) is 46.4 Å². The zero-order chi connectivity index (χ0) is 33.7. The lowest BCUT2D eigenvalue weighted by Gasteiger charge is -2.19. The number of ether oxygens (including phenoxy) is 2. The fourth-order valence-corrected chi connectivity index (χ4v) is 6.15. The maximum absolute atomic E-state index is 13.5. The molecule has 5 aromatic rings. The van der Waals surface area contributed by atoms with Crippen LogP contribution in [0, 0.1) is 0 Å². The van der Waals surface area contributed by atoms with E-state index < -0.39 is 12.6 Å². The minimum Gasteiger partial charge on any atom is -0.490 e. The van der Waals surface area contributed by atoms with Crippen LogP contribution >= 0.6 is 23.2 Å². The Bertz CT molecular complexity index is 1770. The van der Waals surface area contributed by atoms with Gasteiger partial charge in [0.15, 0.2) is 0 Å². The van der Waals surface area contributed by atoms with Gasteiger partial charge in [0.2, 0.25) is 0 Å². The third-order valence-electron chi connectivity index (χ3n) is 8.11. The Morgan fingerprint density at radius 1 is 0.729 bits per heavy atom. The third kappa shape index (κ3) is 9.86. The number of aliphatic carboxylic acids is 1. The number of amides is 1. The van der Waals surface area contributed by atoms with E-state index in [0.29, 0.717) is 39.0 Å². The third-order valence-corrected chi connectivity index (χ3v) is 8.58. The molecule has 4 aromatic carbocycles. The number of carbonyl (C=O) groups excluding carboxylic acids is 1. The van der Waals surface area contributed by atoms with Gasteiger partial charge in [0.05, 0.1) is 6.61 Å². The van der Waals surface area contributed by atoms with Crippen LogP contribution in [0.4, 0.5) is 0 Å². The Hall–Kier alpha value is -4.30. The van der Waals surface area contributed by atoms with Gasteiger partial charge in [-0.1, -0.05) is 91.3 Å². The highest BCUT2D eigenvalue weighted by atomic mass is 35.5. The number of aromatic nitrogens is 1. The van der Waals surface area contributed by atoms with Crippen molar-refractivity contribution in [2.45, 2.75) is 45.1 Å². The zero-order valence-corrected chi connectivity index (χ0v) is 28.3. The number of carbonyl (C=O) groups is 2. The summed E-state index contributed by atoms with van der Waals surface area (Å²) in [5, 5.41) is 14.4. The van der Waals surface area contributed by atoms with Crippen molar-refractivity contribution < 1.29 is 24.2 Å². The molecule has 0 atom stereocenters. The largest absolute Gasteiger partial charge is 0.490 e. The molecule has 0 bridgehead atoms. The van der Waals surface area contributed by atoms with Crippen molar-refractivity contribution in [1.29, 1.82) is 0 Å². The molecule has 250 valence electrons. The summed E-state index contributed by atoms with van der Waals surface area (Å²) in [7, 11) is 0. The molecule has 0 radical (unpaired) electrons. The minimum absolute atomic E-state index is 0.0722. The Morgan fingerprint density at radius 3 is 2.04 bits per heavy atom. The first-order valence-corrected chi connectivity index (χ1v) is 17.1. The average molecular weight is 688 g/mol. The normalized spacial score (nSPS) is 11.1. The van der Waals surface area contributed by atoms with Crippen LogP contribution in [0.1, 0.15) is 48.9 Å². The molecular weight excluding hydrogens is 647 g/mol. The molecule has 0 saturated heterocycles. The topological polar surface area (TPSA) is 89.8 Å². The van der Waals surface area contributed by atoms with Gasteiger partial charge in [-0.25, -0.2) is 4.79 Å². The van der Waals surface area contributed by atoms with Gasteiger partial charge in [-0.15, -0.1) is 0 Å². The standard InChI is InChI=1S/C39H40Cl2N2O5/c40-32-14-9-12-29(23-32)34-25-31(26-35(30-13-10-15-33(41)24-30)38(34)48-22-21-47-27-37(44)45)39(46)42-18-7-3-1-2-4-8-19-43-20-17-28-11-5-6-16-36(28)43/h5-6,9-17,20,23-26H,1-4,7-8,18-19,21-22,27H2,(H,42,46)(H,44,45). The summed E-state index contributed by atoms with van der Waals surface area (Å²) < 4.78 is 13.8. The highest BCUT2D eigenvalue weighted by Crippen LogP contribution is 2.41. The lowest BCUT2D eigenvalue weighted by atomic mass is 9.94. The van der Waals surface area contributed by atoms with Gasteiger partial charge in [-0.2, -0.15) is 0 Å². The van der Waals surface area contributed by atoms with Crippen molar-refractivity contribution in [2.24, 2.45) is 0 Å². The van der Waals surface area contributed by atoms with Crippen molar-refractivity contribution in [3.05, 3.63) is 113 Å². The van der Waals surface area contributed by atoms with Gasteiger partial charge in [-0.05, 0) is 77.9 Å². The second kappa shape index (κ2) is 17.7. The smallest absolute Gasteiger partial charge is 0.329 e. The number of hydrogen-bond acceptors (Lipinski definition) is 4. The van der Waals surface area contributed by atoms with Crippen LogP contribution in [0.3, 0.4) is 0 Å². The van der Waals surface area contributed by atoms with Crippen LogP contribution in [0.2, 0.25) is 10.0 Å². The molecule has 0 saturated carbocycles. The van der Waals surface area contributed by atoms with E-state index >= 15 is 0 Å². The van der Waals surface area contributed by atoms with E-state index in [1.165, 1.54) is 23.7 Å². The van der Waals surface area contributed by atoms with Crippen molar-refractivity contribution in [1.82, 2.24) is 9.88 Å². The number of unbranched alkanes of at least 4 members (excludes halogenated alkanes) is 5. The monoisotopic (exact) mass is 686 g/mol. The van der Waals surface area contributed by atoms with E-state index in [1.54, 1.807) is 24.3 Å². The predicted octanol–water partition coefficient (Wildman–Crippen LogP) is 9.53. The first-order valence-electron chi connectivity index (χ1n) is 16.3. The van der Waals surface area contributed by atoms with E-state index in [0.717, 1.165) is 43.4 Å². The molecule has 1 aromatic heterocycles. The molecule has 0 aliphatic rings. The number of rotatable bonds is 18. The minimum atomic E-state index is -1.05. The number of carboxylic acid groups (broad SMARTS) is 1. The summed E-state index contributed by atoms with van der Waals surface area (Å²) in [6.45, 7) is 1.36. The number of nitrogens with one attached hydrogen (secondary N) is 1. The highest BCUT2D eigenvalue weighted by molar-refractivity contribution is 6.31. The number of carboxylic acids is 1. The molecule has 0 unspecified atom stereocenters. The van der Waals surface area contributed by atoms with Crippen LogP contribution < -0.4 is 10.1 Å². The maximum atomic E-state index is 13.5. The molecule has 0 fully saturated rings. The Morgan fingerprint density at radius 2 is 1.38 bits per heavy atom. The van der Waals surface area contributed by atoms with Crippen LogP contribution in [0.25, 0.3) is 33.2 Å². The Labute approximate surface area is 291 Å². The highest BCUT2D eigenvalue weighted by Gasteiger charge is 2.19. The molecule has 1 amide bonds. The van der Waals surface area contributed by atoms with Crippen LogP contribution in [0.5, 0.6) is 5.75 Å². The summed E-state index contributed by atoms with van der Waals surface area (Å²) >= 11 is 12.7. The number of nitrogens with zero attached hydrogens (tertiary/aromatic N) is 1. The molecule has 5 rings (SSSR count). The number of para-hydroxylation sites is 1. The molecule has 1 heterocycles. The van der Waals surface area contributed by atoms with E-state index in [-0.39, 0.29) is 19.1 Å². The molecule has 2 N–H and O–H groups in total. The van der Waals surface area contributed by atoms with Crippen molar-refractivity contribution in [3.8, 4) is 28.0 Å². The van der Waals surface area contributed by atoms with Gasteiger partial charge in [0, 0.05) is 51.5 Å². The zero-order valence-electron chi connectivity index (χ0n) is 26.8. The summed E-state index contributed by atoms with van der Waals surface area (Å²) in [4.78, 5) is 24.4. The maximum Gasteiger partial charge on any atom is 0.329 e. The Balaban J connectivity index is 1.21. The summed E-state index contributed by atoms with van der Waals surface area (Å²) in [6, 6.07) is 28.9. The Kier molecular flexibility index (Phi) is 12.9. The van der Waals surface area contributed by atoms with Crippen LogP contribution in [-0.4, -0.2) is 47.9 Å². The molecule has 0 spiro atoms. The van der Waals surface area contributed by atoms with Crippen molar-refractivity contribution in [2.75, 3.05) is 26.4 Å². The SMILES string of the molecule is O=C(O)COCCOc1c(-c2cccc(Cl)c2)cc(C(=O)NCCCCCCCCn2ccc3ccccc32)cc1-c1cccc(Cl)c1. The quantitative estimate of drug-likeness (QED) is 0.0896. The lowest BCUT2D eigenvalue weighted by Crippen LogP contribution is -2.24. The molecule has 0 aliphatic heterocycles. The molecule has 7 nitrogen and oxygen atoms in total. The van der Waals surface area contributed by atoms with Crippen LogP contribution in [-0.2, 0) is 16.1 Å². The first-order chi connectivity index (χ1) is 23.4. The molecular formula is C39H40Cl2N2O5. The number of aryl methyl sites for hydroxylation is 1. The summed E-state index contributed by atoms with van der Waals surface area (Å²) in [5.41, 5.74) is 4.65. The van der Waals surface area contributed by atoms with Gasteiger partial charge < -0.3 is 24.5 Å². The fourth-order valence-electron chi connectivity index (χ4n) is 5.77. The van der Waals surface area contributed by atoms with Crippen molar-refractivity contribution in [3.63, 3.8) is 0 Å². The molecule has 0 aliphatic carbocycles. The first kappa shape index (κ1) is 35.0. The number of halogens is 2. The van der Waals surface area contributed by atoms with Crippen molar-refractivity contribution >= 4 is 46.0 Å². The lowest BCUT2D eigenvalue weighted by molar-refractivity contribution is -0.142. The van der Waals surface area contributed by atoms with Gasteiger partial charge >= 0.3 is 5.97 Å². The van der Waals surface area contributed by atoms with Gasteiger partial charge in [0.25, 0.3) is 5.91 Å². The summed E-state index contributed by atoms with van der Waals surface area (Å²) in [5.74, 6) is -0.723. The van der Waals surface area contributed by atoms with Gasteiger partial charge in [0.1, 0.15) is 19.0 Å². The van der Waals surface area contributed by atoms with Crippen LogP contribution in [0.15, 0.2) is 97.2 Å². The molecule has 48 heavy (non-hydrogen) atoms.